The fraction of sp³-hybridized carbons (Fsp3) is 0.429. The molecule has 1 heterocycles. The number of hydrogen-bond acceptors (Lipinski definition) is 4. The molecule has 5 nitrogen and oxygen atoms in total. The summed E-state index contributed by atoms with van der Waals surface area (Å²) < 4.78 is 33.2. The Hall–Kier alpha value is -1.89. The lowest BCUT2D eigenvalue weighted by Gasteiger charge is -2.34. The van der Waals surface area contributed by atoms with E-state index in [4.69, 9.17) is 4.74 Å². The van der Waals surface area contributed by atoms with E-state index in [1.54, 1.807) is 11.4 Å². The second-order valence-electron chi connectivity index (χ2n) is 7.26. The van der Waals surface area contributed by atoms with Crippen molar-refractivity contribution in [1.82, 2.24) is 9.21 Å². The highest BCUT2D eigenvalue weighted by atomic mass is 32.2. The maximum atomic E-state index is 13.2. The number of piperazine rings is 1. The molecule has 0 aromatic heterocycles. The van der Waals surface area contributed by atoms with Crippen LogP contribution in [0.2, 0.25) is 0 Å². The molecular formula is C21H28N2O3S. The number of methoxy groups -OCH3 is 1. The molecule has 1 aliphatic heterocycles. The summed E-state index contributed by atoms with van der Waals surface area (Å²) in [7, 11) is -1.80. The Bertz CT molecular complexity index is 877. The lowest BCUT2D eigenvalue weighted by atomic mass is 10.1. The number of aryl methyl sites for hydroxylation is 3. The van der Waals surface area contributed by atoms with E-state index in [-0.39, 0.29) is 0 Å². The summed E-state index contributed by atoms with van der Waals surface area (Å²) in [6.07, 6.45) is 0. The van der Waals surface area contributed by atoms with Gasteiger partial charge in [0.25, 0.3) is 0 Å². The van der Waals surface area contributed by atoms with Crippen molar-refractivity contribution in [2.75, 3.05) is 33.3 Å². The van der Waals surface area contributed by atoms with Gasteiger partial charge in [-0.1, -0.05) is 29.8 Å². The average molecular weight is 389 g/mol. The van der Waals surface area contributed by atoms with Gasteiger partial charge >= 0.3 is 0 Å². The van der Waals surface area contributed by atoms with Gasteiger partial charge in [0.1, 0.15) is 5.75 Å². The number of benzene rings is 2. The van der Waals surface area contributed by atoms with Crippen LogP contribution < -0.4 is 4.74 Å². The molecule has 0 radical (unpaired) electrons. The molecule has 0 unspecified atom stereocenters. The molecule has 0 saturated carbocycles. The molecule has 2 aromatic rings. The Morgan fingerprint density at radius 2 is 1.48 bits per heavy atom. The van der Waals surface area contributed by atoms with Gasteiger partial charge in [0, 0.05) is 32.7 Å². The Morgan fingerprint density at radius 1 is 0.926 bits per heavy atom. The number of rotatable bonds is 5. The predicted octanol–water partition coefficient (Wildman–Crippen LogP) is 3.13. The highest BCUT2D eigenvalue weighted by Crippen LogP contribution is 2.26. The van der Waals surface area contributed by atoms with E-state index in [9.17, 15) is 8.42 Å². The van der Waals surface area contributed by atoms with Crippen LogP contribution in [-0.4, -0.2) is 50.9 Å². The lowest BCUT2D eigenvalue weighted by molar-refractivity contribution is 0.181. The Labute approximate surface area is 162 Å². The van der Waals surface area contributed by atoms with E-state index in [1.807, 2.05) is 45.0 Å². The summed E-state index contributed by atoms with van der Waals surface area (Å²) in [5.74, 6) is 0.846. The van der Waals surface area contributed by atoms with Crippen molar-refractivity contribution in [3.05, 3.63) is 58.7 Å². The minimum atomic E-state index is -3.46. The third-order valence-corrected chi connectivity index (χ3v) is 7.30. The van der Waals surface area contributed by atoms with Crippen LogP contribution in [0, 0.1) is 20.8 Å². The van der Waals surface area contributed by atoms with Gasteiger partial charge in [-0.3, -0.25) is 4.90 Å². The molecule has 0 atom stereocenters. The Kier molecular flexibility index (Phi) is 5.89. The monoisotopic (exact) mass is 388 g/mol. The van der Waals surface area contributed by atoms with Crippen molar-refractivity contribution in [2.45, 2.75) is 32.2 Å². The van der Waals surface area contributed by atoms with E-state index < -0.39 is 10.0 Å². The van der Waals surface area contributed by atoms with Crippen molar-refractivity contribution in [2.24, 2.45) is 0 Å². The number of nitrogens with zero attached hydrogens (tertiary/aromatic N) is 2. The summed E-state index contributed by atoms with van der Waals surface area (Å²) >= 11 is 0. The van der Waals surface area contributed by atoms with Crippen LogP contribution in [0.25, 0.3) is 0 Å². The van der Waals surface area contributed by atoms with Crippen LogP contribution in [0.5, 0.6) is 5.75 Å². The Balaban J connectivity index is 1.67. The second-order valence-corrected chi connectivity index (χ2v) is 9.13. The maximum absolute atomic E-state index is 13.2. The zero-order valence-electron chi connectivity index (χ0n) is 16.5. The molecule has 3 rings (SSSR count). The van der Waals surface area contributed by atoms with Crippen LogP contribution >= 0.6 is 0 Å². The van der Waals surface area contributed by atoms with Crippen LogP contribution in [0.15, 0.2) is 41.3 Å². The average Bonchev–Trinajstić information content (AvgIpc) is 2.61. The first-order valence-corrected chi connectivity index (χ1v) is 10.7. The second kappa shape index (κ2) is 8.00. The van der Waals surface area contributed by atoms with Gasteiger partial charge in [-0.25, -0.2) is 8.42 Å². The molecule has 0 aliphatic carbocycles. The van der Waals surface area contributed by atoms with Gasteiger partial charge in [-0.05, 0) is 49.6 Å². The van der Waals surface area contributed by atoms with E-state index in [0.717, 1.165) is 42.1 Å². The molecule has 6 heteroatoms. The smallest absolute Gasteiger partial charge is 0.243 e. The number of ether oxygens (including phenoxy) is 1. The molecule has 1 fully saturated rings. The van der Waals surface area contributed by atoms with Crippen molar-refractivity contribution in [1.29, 1.82) is 0 Å². The summed E-state index contributed by atoms with van der Waals surface area (Å²) in [5.41, 5.74) is 3.95. The standard InChI is InChI=1S/C21H28N2O3S/c1-16-13-17(2)21(18(3)14-16)27(24,25)23-11-9-22(10-12-23)15-19-5-7-20(26-4)8-6-19/h5-8,13-14H,9-12,15H2,1-4H3. The normalized spacial score (nSPS) is 16.4. The minimum absolute atomic E-state index is 0.469. The molecule has 27 heavy (non-hydrogen) atoms. The molecule has 0 amide bonds. The number of sulfonamides is 1. The van der Waals surface area contributed by atoms with Gasteiger partial charge in [-0.2, -0.15) is 4.31 Å². The van der Waals surface area contributed by atoms with E-state index >= 15 is 0 Å². The van der Waals surface area contributed by atoms with Crippen molar-refractivity contribution in [3.63, 3.8) is 0 Å². The fourth-order valence-corrected chi connectivity index (χ4v) is 5.65. The fourth-order valence-electron chi connectivity index (χ4n) is 3.82. The molecule has 1 saturated heterocycles. The highest BCUT2D eigenvalue weighted by molar-refractivity contribution is 7.89. The van der Waals surface area contributed by atoms with Crippen molar-refractivity contribution < 1.29 is 13.2 Å². The quantitative estimate of drug-likeness (QED) is 0.790. The largest absolute Gasteiger partial charge is 0.497 e. The zero-order valence-corrected chi connectivity index (χ0v) is 17.3. The molecule has 0 N–H and O–H groups in total. The van der Waals surface area contributed by atoms with E-state index in [1.165, 1.54) is 5.56 Å². The van der Waals surface area contributed by atoms with Crippen LogP contribution in [0.4, 0.5) is 0 Å². The summed E-state index contributed by atoms with van der Waals surface area (Å²) in [5, 5.41) is 0. The first-order chi connectivity index (χ1) is 12.8. The summed E-state index contributed by atoms with van der Waals surface area (Å²) in [6.45, 7) is 9.08. The van der Waals surface area contributed by atoms with Gasteiger partial charge in [0.15, 0.2) is 0 Å². The van der Waals surface area contributed by atoms with Crippen LogP contribution in [-0.2, 0) is 16.6 Å². The van der Waals surface area contributed by atoms with Gasteiger partial charge in [0.05, 0.1) is 12.0 Å². The zero-order chi connectivity index (χ0) is 19.6. The topological polar surface area (TPSA) is 49.9 Å². The maximum Gasteiger partial charge on any atom is 0.243 e. The first kappa shape index (κ1) is 19.9. The van der Waals surface area contributed by atoms with Crippen LogP contribution in [0.3, 0.4) is 0 Å². The SMILES string of the molecule is COc1ccc(CN2CCN(S(=O)(=O)c3c(C)cc(C)cc3C)CC2)cc1. The number of hydrogen-bond donors (Lipinski definition) is 0. The lowest BCUT2D eigenvalue weighted by Crippen LogP contribution is -2.48. The van der Waals surface area contributed by atoms with Gasteiger partial charge in [0.2, 0.25) is 10.0 Å². The van der Waals surface area contributed by atoms with Gasteiger partial charge < -0.3 is 4.74 Å². The first-order valence-electron chi connectivity index (χ1n) is 9.24. The highest BCUT2D eigenvalue weighted by Gasteiger charge is 2.30. The van der Waals surface area contributed by atoms with E-state index in [0.29, 0.717) is 18.0 Å². The Morgan fingerprint density at radius 3 is 2.00 bits per heavy atom. The van der Waals surface area contributed by atoms with Gasteiger partial charge in [-0.15, -0.1) is 0 Å². The van der Waals surface area contributed by atoms with Crippen molar-refractivity contribution >= 4 is 10.0 Å². The summed E-state index contributed by atoms with van der Waals surface area (Å²) in [6, 6.07) is 11.9. The molecule has 1 aliphatic rings. The molecule has 0 spiro atoms. The predicted molar refractivity (Wildman–Crippen MR) is 108 cm³/mol. The van der Waals surface area contributed by atoms with E-state index in [2.05, 4.69) is 17.0 Å². The summed E-state index contributed by atoms with van der Waals surface area (Å²) in [4.78, 5) is 2.76. The van der Waals surface area contributed by atoms with Crippen molar-refractivity contribution in [3.8, 4) is 5.75 Å². The third-order valence-electron chi connectivity index (χ3n) is 5.10. The molecule has 2 aromatic carbocycles. The van der Waals surface area contributed by atoms with Crippen LogP contribution in [0.1, 0.15) is 22.3 Å². The minimum Gasteiger partial charge on any atom is -0.497 e. The third kappa shape index (κ3) is 4.34. The molecule has 146 valence electrons. The molecular weight excluding hydrogens is 360 g/mol. The molecule has 0 bridgehead atoms.